The van der Waals surface area contributed by atoms with E-state index < -0.39 is 0 Å². The maximum atomic E-state index is 12.4. The lowest BCUT2D eigenvalue weighted by Crippen LogP contribution is -2.37. The van der Waals surface area contributed by atoms with Crippen LogP contribution < -0.4 is 10.2 Å². The molecule has 2 aliphatic rings. The average Bonchev–Trinajstić information content (AvgIpc) is 2.57. The first-order chi connectivity index (χ1) is 10.3. The Morgan fingerprint density at radius 2 is 1.71 bits per heavy atom. The number of rotatable bonds is 3. The number of nitrogens with zero attached hydrogens (tertiary/aromatic N) is 1. The fraction of sp³-hybridized carbons (Fsp3) is 0.562. The number of nitrogens with one attached hydrogen (secondary N) is 1. The predicted octanol–water partition coefficient (Wildman–Crippen LogP) is 1.89. The molecule has 2 heterocycles. The van der Waals surface area contributed by atoms with Crippen LogP contribution in [0.15, 0.2) is 24.3 Å². The van der Waals surface area contributed by atoms with Gasteiger partial charge in [-0.15, -0.1) is 0 Å². The largest absolute Gasteiger partial charge is 0.381 e. The van der Waals surface area contributed by atoms with Gasteiger partial charge in [-0.1, -0.05) is 12.1 Å². The van der Waals surface area contributed by atoms with Crippen molar-refractivity contribution in [2.24, 2.45) is 5.92 Å². The highest BCUT2D eigenvalue weighted by molar-refractivity contribution is 5.95. The number of hydrogen-bond acceptors (Lipinski definition) is 4. The Kier molecular flexibility index (Phi) is 4.72. The third kappa shape index (κ3) is 3.54. The van der Waals surface area contributed by atoms with Gasteiger partial charge in [0.05, 0.1) is 24.6 Å². The highest BCUT2D eigenvalue weighted by Gasteiger charge is 2.23. The zero-order valence-corrected chi connectivity index (χ0v) is 12.2. The first kappa shape index (κ1) is 14.4. The van der Waals surface area contributed by atoms with Crippen LogP contribution in [0.3, 0.4) is 0 Å². The first-order valence-electron chi connectivity index (χ1n) is 7.65. The summed E-state index contributed by atoms with van der Waals surface area (Å²) < 4.78 is 10.7. The Labute approximate surface area is 125 Å². The maximum absolute atomic E-state index is 12.4. The van der Waals surface area contributed by atoms with Gasteiger partial charge in [0.25, 0.3) is 0 Å². The molecule has 0 saturated carbocycles. The number of ether oxygens (including phenoxy) is 2. The molecule has 2 fully saturated rings. The van der Waals surface area contributed by atoms with E-state index in [1.807, 2.05) is 18.2 Å². The Morgan fingerprint density at radius 1 is 1.05 bits per heavy atom. The summed E-state index contributed by atoms with van der Waals surface area (Å²) in [4.78, 5) is 14.7. The van der Waals surface area contributed by atoms with Crippen LogP contribution in [0.4, 0.5) is 11.4 Å². The summed E-state index contributed by atoms with van der Waals surface area (Å²) in [6.45, 7) is 4.57. The van der Waals surface area contributed by atoms with Gasteiger partial charge in [0, 0.05) is 32.2 Å². The number of amides is 1. The molecule has 0 unspecified atom stereocenters. The Bertz CT molecular complexity index is 480. The van der Waals surface area contributed by atoms with E-state index >= 15 is 0 Å². The SMILES string of the molecule is O=C(Nc1ccccc1N1CCOCC1)C1CCOCC1. The highest BCUT2D eigenvalue weighted by atomic mass is 16.5. The molecule has 1 N–H and O–H groups in total. The summed E-state index contributed by atoms with van der Waals surface area (Å²) >= 11 is 0. The number of benzene rings is 1. The predicted molar refractivity (Wildman–Crippen MR) is 81.6 cm³/mol. The van der Waals surface area contributed by atoms with Crippen molar-refractivity contribution in [2.45, 2.75) is 12.8 Å². The third-order valence-corrected chi connectivity index (χ3v) is 4.11. The molecule has 0 aromatic heterocycles. The number of carbonyl (C=O) groups excluding carboxylic acids is 1. The molecule has 0 radical (unpaired) electrons. The van der Waals surface area contributed by atoms with E-state index in [0.717, 1.165) is 50.5 Å². The standard InChI is InChI=1S/C16H22N2O3/c19-16(13-5-9-20-10-6-13)17-14-3-1-2-4-15(14)18-7-11-21-12-8-18/h1-4,13H,5-12H2,(H,17,19). The zero-order valence-electron chi connectivity index (χ0n) is 12.2. The number of anilines is 2. The van der Waals surface area contributed by atoms with Crippen LogP contribution in [-0.2, 0) is 14.3 Å². The number of hydrogen-bond donors (Lipinski definition) is 1. The summed E-state index contributed by atoms with van der Waals surface area (Å²) in [5, 5.41) is 3.10. The first-order valence-corrected chi connectivity index (χ1v) is 7.65. The van der Waals surface area contributed by atoms with Gasteiger partial charge in [-0.2, -0.15) is 0 Å². The van der Waals surface area contributed by atoms with Crippen LogP contribution in [-0.4, -0.2) is 45.4 Å². The fourth-order valence-corrected chi connectivity index (χ4v) is 2.85. The van der Waals surface area contributed by atoms with Crippen LogP contribution in [0, 0.1) is 5.92 Å². The van der Waals surface area contributed by atoms with E-state index in [1.165, 1.54) is 0 Å². The van der Waals surface area contributed by atoms with E-state index in [9.17, 15) is 4.79 Å². The zero-order chi connectivity index (χ0) is 14.5. The second-order valence-corrected chi connectivity index (χ2v) is 5.49. The van der Waals surface area contributed by atoms with E-state index in [1.54, 1.807) is 0 Å². The minimum absolute atomic E-state index is 0.0662. The molecule has 3 rings (SSSR count). The molecular formula is C16H22N2O3. The van der Waals surface area contributed by atoms with Gasteiger partial charge in [-0.05, 0) is 25.0 Å². The molecule has 0 aliphatic carbocycles. The van der Waals surface area contributed by atoms with E-state index in [2.05, 4.69) is 16.3 Å². The van der Waals surface area contributed by atoms with Gasteiger partial charge >= 0.3 is 0 Å². The molecule has 1 aromatic rings. The molecule has 0 bridgehead atoms. The van der Waals surface area contributed by atoms with Crippen molar-refractivity contribution < 1.29 is 14.3 Å². The molecule has 0 spiro atoms. The lowest BCUT2D eigenvalue weighted by atomic mass is 9.99. The van der Waals surface area contributed by atoms with Crippen molar-refractivity contribution >= 4 is 17.3 Å². The molecule has 5 nitrogen and oxygen atoms in total. The number of carbonyl (C=O) groups is 1. The van der Waals surface area contributed by atoms with E-state index in [0.29, 0.717) is 13.2 Å². The second-order valence-electron chi connectivity index (χ2n) is 5.49. The Hall–Kier alpha value is -1.59. The molecule has 21 heavy (non-hydrogen) atoms. The number of morpholine rings is 1. The van der Waals surface area contributed by atoms with E-state index in [-0.39, 0.29) is 11.8 Å². The summed E-state index contributed by atoms with van der Waals surface area (Å²) in [6.07, 6.45) is 1.62. The summed E-state index contributed by atoms with van der Waals surface area (Å²) in [5.41, 5.74) is 1.98. The van der Waals surface area contributed by atoms with Crippen LogP contribution in [0.1, 0.15) is 12.8 Å². The van der Waals surface area contributed by atoms with Crippen molar-refractivity contribution in [1.82, 2.24) is 0 Å². The molecule has 0 atom stereocenters. The minimum atomic E-state index is 0.0662. The van der Waals surface area contributed by atoms with Gasteiger partial charge in [-0.3, -0.25) is 4.79 Å². The molecule has 2 aliphatic heterocycles. The lowest BCUT2D eigenvalue weighted by molar-refractivity contribution is -0.122. The molecular weight excluding hydrogens is 268 g/mol. The van der Waals surface area contributed by atoms with E-state index in [4.69, 9.17) is 9.47 Å². The topological polar surface area (TPSA) is 50.8 Å². The van der Waals surface area contributed by atoms with Crippen LogP contribution in [0.25, 0.3) is 0 Å². The number of para-hydroxylation sites is 2. The monoisotopic (exact) mass is 290 g/mol. The van der Waals surface area contributed by atoms with Gasteiger partial charge < -0.3 is 19.7 Å². The Balaban J connectivity index is 1.70. The Morgan fingerprint density at radius 3 is 2.48 bits per heavy atom. The molecule has 5 heteroatoms. The van der Waals surface area contributed by atoms with Gasteiger partial charge in [0.2, 0.25) is 5.91 Å². The minimum Gasteiger partial charge on any atom is -0.381 e. The molecule has 1 amide bonds. The second kappa shape index (κ2) is 6.91. The van der Waals surface area contributed by atoms with Crippen LogP contribution >= 0.6 is 0 Å². The van der Waals surface area contributed by atoms with Gasteiger partial charge in [-0.25, -0.2) is 0 Å². The van der Waals surface area contributed by atoms with Crippen molar-refractivity contribution in [3.05, 3.63) is 24.3 Å². The smallest absolute Gasteiger partial charge is 0.227 e. The quantitative estimate of drug-likeness (QED) is 0.923. The maximum Gasteiger partial charge on any atom is 0.227 e. The highest BCUT2D eigenvalue weighted by Crippen LogP contribution is 2.27. The lowest BCUT2D eigenvalue weighted by Gasteiger charge is -2.31. The fourth-order valence-electron chi connectivity index (χ4n) is 2.85. The molecule has 1 aromatic carbocycles. The normalized spacial score (nSPS) is 20.3. The molecule has 2 saturated heterocycles. The van der Waals surface area contributed by atoms with Crippen molar-refractivity contribution in [1.29, 1.82) is 0 Å². The van der Waals surface area contributed by atoms with Crippen LogP contribution in [0.2, 0.25) is 0 Å². The summed E-state index contributed by atoms with van der Waals surface area (Å²) in [7, 11) is 0. The van der Waals surface area contributed by atoms with Gasteiger partial charge in [0.15, 0.2) is 0 Å². The average molecular weight is 290 g/mol. The summed E-state index contributed by atoms with van der Waals surface area (Å²) in [5.74, 6) is 0.176. The van der Waals surface area contributed by atoms with Crippen molar-refractivity contribution in [3.8, 4) is 0 Å². The van der Waals surface area contributed by atoms with Gasteiger partial charge in [0.1, 0.15) is 0 Å². The van der Waals surface area contributed by atoms with Crippen LogP contribution in [0.5, 0.6) is 0 Å². The van der Waals surface area contributed by atoms with Crippen molar-refractivity contribution in [3.63, 3.8) is 0 Å². The third-order valence-electron chi connectivity index (χ3n) is 4.11. The summed E-state index contributed by atoms with van der Waals surface area (Å²) in [6, 6.07) is 8.01. The van der Waals surface area contributed by atoms with Crippen molar-refractivity contribution in [2.75, 3.05) is 49.7 Å². The molecule has 114 valence electrons.